The predicted octanol–water partition coefficient (Wildman–Crippen LogP) is 0.768. The van der Waals surface area contributed by atoms with Crippen LogP contribution in [0.4, 0.5) is 5.82 Å². The van der Waals surface area contributed by atoms with Crippen LogP contribution in [-0.2, 0) is 0 Å². The van der Waals surface area contributed by atoms with Gasteiger partial charge in [0.05, 0.1) is 16.6 Å². The average molecular weight is 266 g/mol. The summed E-state index contributed by atoms with van der Waals surface area (Å²) in [6.45, 7) is 0. The highest BCUT2D eigenvalue weighted by molar-refractivity contribution is 5.97. The molecule has 3 rings (SSSR count). The molecular formula is C13H10N6O. The largest absolute Gasteiger partial charge is 0.383 e. The van der Waals surface area contributed by atoms with E-state index in [0.29, 0.717) is 5.82 Å². The van der Waals surface area contributed by atoms with Crippen molar-refractivity contribution in [3.8, 4) is 11.4 Å². The highest BCUT2D eigenvalue weighted by Crippen LogP contribution is 2.20. The van der Waals surface area contributed by atoms with Crippen LogP contribution in [-0.4, -0.2) is 25.8 Å². The topological polar surface area (TPSA) is 121 Å². The van der Waals surface area contributed by atoms with E-state index < -0.39 is 5.91 Å². The molecule has 0 saturated carbocycles. The molecule has 1 aromatic carbocycles. The molecule has 4 N–H and O–H groups in total. The number of hydrogen-bond acceptors (Lipinski definition) is 6. The van der Waals surface area contributed by atoms with Crippen LogP contribution in [0.5, 0.6) is 0 Å². The van der Waals surface area contributed by atoms with Crippen LogP contribution in [0, 0.1) is 0 Å². The second-order valence-corrected chi connectivity index (χ2v) is 4.12. The number of fused-ring (bicyclic) bond motifs is 1. The van der Waals surface area contributed by atoms with Crippen LogP contribution in [0.1, 0.15) is 10.4 Å². The Bertz CT molecular complexity index is 817. The van der Waals surface area contributed by atoms with Gasteiger partial charge in [0.2, 0.25) is 0 Å². The van der Waals surface area contributed by atoms with E-state index in [-0.39, 0.29) is 11.4 Å². The summed E-state index contributed by atoms with van der Waals surface area (Å²) < 4.78 is 0. The van der Waals surface area contributed by atoms with Gasteiger partial charge in [0.25, 0.3) is 5.91 Å². The molecule has 20 heavy (non-hydrogen) atoms. The van der Waals surface area contributed by atoms with E-state index in [0.717, 1.165) is 16.6 Å². The molecule has 0 fully saturated rings. The van der Waals surface area contributed by atoms with Crippen LogP contribution in [0.25, 0.3) is 22.4 Å². The average Bonchev–Trinajstić information content (AvgIpc) is 2.46. The Morgan fingerprint density at radius 1 is 1.05 bits per heavy atom. The van der Waals surface area contributed by atoms with Crippen LogP contribution in [0.3, 0.4) is 0 Å². The maximum absolute atomic E-state index is 11.1. The van der Waals surface area contributed by atoms with Gasteiger partial charge in [0.15, 0.2) is 5.82 Å². The first-order valence-corrected chi connectivity index (χ1v) is 5.78. The monoisotopic (exact) mass is 266 g/mol. The number of amides is 1. The molecule has 0 spiro atoms. The zero-order valence-electron chi connectivity index (χ0n) is 10.3. The van der Waals surface area contributed by atoms with Gasteiger partial charge in [-0.2, -0.15) is 0 Å². The minimum atomic E-state index is -0.654. The lowest BCUT2D eigenvalue weighted by Crippen LogP contribution is -2.15. The number of primary amides is 1. The van der Waals surface area contributed by atoms with Crippen molar-refractivity contribution in [2.45, 2.75) is 0 Å². The second kappa shape index (κ2) is 4.54. The molecule has 2 heterocycles. The van der Waals surface area contributed by atoms with E-state index >= 15 is 0 Å². The molecule has 98 valence electrons. The van der Waals surface area contributed by atoms with Gasteiger partial charge in [-0.05, 0) is 18.2 Å². The number of anilines is 1. The normalized spacial score (nSPS) is 10.6. The van der Waals surface area contributed by atoms with Gasteiger partial charge in [0.1, 0.15) is 5.82 Å². The van der Waals surface area contributed by atoms with E-state index in [2.05, 4.69) is 19.9 Å². The maximum atomic E-state index is 11.1. The third-order valence-corrected chi connectivity index (χ3v) is 2.81. The minimum Gasteiger partial charge on any atom is -0.383 e. The number of nitrogens with two attached hydrogens (primary N) is 2. The first-order chi connectivity index (χ1) is 9.65. The summed E-state index contributed by atoms with van der Waals surface area (Å²) in [5.74, 6) is -0.194. The quantitative estimate of drug-likeness (QED) is 0.706. The first kappa shape index (κ1) is 12.0. The summed E-state index contributed by atoms with van der Waals surface area (Å²) in [6, 6.07) is 5.44. The molecular weight excluding hydrogens is 256 g/mol. The fraction of sp³-hybridized carbons (Fsp3) is 0. The third kappa shape index (κ3) is 2.01. The summed E-state index contributed by atoms with van der Waals surface area (Å²) in [5, 5.41) is 0. The van der Waals surface area contributed by atoms with Crippen molar-refractivity contribution in [1.82, 2.24) is 19.9 Å². The molecule has 7 heteroatoms. The Hall–Kier alpha value is -3.09. The van der Waals surface area contributed by atoms with E-state index in [1.165, 1.54) is 6.20 Å². The van der Waals surface area contributed by atoms with Crippen molar-refractivity contribution in [3.05, 3.63) is 42.4 Å². The van der Waals surface area contributed by atoms with E-state index in [1.807, 2.05) is 12.1 Å². The summed E-state index contributed by atoms with van der Waals surface area (Å²) in [5.41, 5.74) is 13.2. The number of nitrogens with zero attached hydrogens (tertiary/aromatic N) is 4. The van der Waals surface area contributed by atoms with Crippen molar-refractivity contribution in [2.75, 3.05) is 5.73 Å². The van der Waals surface area contributed by atoms with Gasteiger partial charge >= 0.3 is 0 Å². The molecule has 0 radical (unpaired) electrons. The molecule has 3 aromatic rings. The fourth-order valence-corrected chi connectivity index (χ4v) is 1.83. The summed E-state index contributed by atoms with van der Waals surface area (Å²) in [7, 11) is 0. The van der Waals surface area contributed by atoms with Crippen molar-refractivity contribution >= 4 is 22.8 Å². The Balaban J connectivity index is 2.11. The van der Waals surface area contributed by atoms with Crippen LogP contribution >= 0.6 is 0 Å². The minimum absolute atomic E-state index is 0.0572. The number of hydrogen-bond donors (Lipinski definition) is 2. The van der Waals surface area contributed by atoms with Crippen molar-refractivity contribution in [3.63, 3.8) is 0 Å². The Kier molecular flexibility index (Phi) is 2.72. The summed E-state index contributed by atoms with van der Waals surface area (Å²) in [4.78, 5) is 27.7. The third-order valence-electron chi connectivity index (χ3n) is 2.81. The van der Waals surface area contributed by atoms with Crippen LogP contribution < -0.4 is 11.5 Å². The molecule has 0 aliphatic rings. The lowest BCUT2D eigenvalue weighted by molar-refractivity contribution is 0.100. The van der Waals surface area contributed by atoms with Gasteiger partial charge in [-0.25, -0.2) is 9.97 Å². The molecule has 0 bridgehead atoms. The first-order valence-electron chi connectivity index (χ1n) is 5.78. The molecule has 0 atom stereocenters. The standard InChI is InChI=1S/C13H10N6O/c14-11-8(12(15)20)6-18-13(19-11)7-1-2-9-10(5-7)17-4-3-16-9/h1-6H,(H2,15,20)(H2,14,18,19). The Morgan fingerprint density at radius 2 is 1.80 bits per heavy atom. The lowest BCUT2D eigenvalue weighted by atomic mass is 10.1. The van der Waals surface area contributed by atoms with E-state index in [9.17, 15) is 4.79 Å². The SMILES string of the molecule is NC(=O)c1cnc(-c2ccc3nccnc3c2)nc1N. The number of rotatable bonds is 2. The van der Waals surface area contributed by atoms with Crippen molar-refractivity contribution in [1.29, 1.82) is 0 Å². The van der Waals surface area contributed by atoms with E-state index in [4.69, 9.17) is 11.5 Å². The maximum Gasteiger partial charge on any atom is 0.254 e. The highest BCUT2D eigenvalue weighted by Gasteiger charge is 2.10. The number of benzene rings is 1. The van der Waals surface area contributed by atoms with Gasteiger partial charge in [-0.3, -0.25) is 14.8 Å². The molecule has 1 amide bonds. The lowest BCUT2D eigenvalue weighted by Gasteiger charge is -2.04. The molecule has 0 unspecified atom stereocenters. The Morgan fingerprint density at radius 3 is 2.50 bits per heavy atom. The number of carbonyl (C=O) groups excluding carboxylic acids is 1. The zero-order valence-corrected chi connectivity index (χ0v) is 10.3. The molecule has 0 aliphatic carbocycles. The molecule has 2 aromatic heterocycles. The van der Waals surface area contributed by atoms with Gasteiger partial charge in [0, 0.05) is 24.2 Å². The van der Waals surface area contributed by atoms with Crippen LogP contribution in [0.2, 0.25) is 0 Å². The summed E-state index contributed by atoms with van der Waals surface area (Å²) >= 11 is 0. The van der Waals surface area contributed by atoms with Gasteiger partial charge in [-0.15, -0.1) is 0 Å². The predicted molar refractivity (Wildman–Crippen MR) is 73.5 cm³/mol. The van der Waals surface area contributed by atoms with Crippen molar-refractivity contribution in [2.24, 2.45) is 5.73 Å². The summed E-state index contributed by atoms with van der Waals surface area (Å²) in [6.07, 6.45) is 4.55. The molecule has 7 nitrogen and oxygen atoms in total. The van der Waals surface area contributed by atoms with Crippen LogP contribution in [0.15, 0.2) is 36.8 Å². The van der Waals surface area contributed by atoms with Gasteiger partial charge < -0.3 is 11.5 Å². The van der Waals surface area contributed by atoms with Gasteiger partial charge in [-0.1, -0.05) is 0 Å². The number of aromatic nitrogens is 4. The van der Waals surface area contributed by atoms with Crippen molar-refractivity contribution < 1.29 is 4.79 Å². The number of nitrogen functional groups attached to an aromatic ring is 1. The van der Waals surface area contributed by atoms with E-state index in [1.54, 1.807) is 18.5 Å². The second-order valence-electron chi connectivity index (χ2n) is 4.12. The smallest absolute Gasteiger partial charge is 0.254 e. The molecule has 0 aliphatic heterocycles. The number of carbonyl (C=O) groups is 1. The zero-order chi connectivity index (χ0) is 14.1. The fourth-order valence-electron chi connectivity index (χ4n) is 1.83. The Labute approximate surface area is 113 Å². The highest BCUT2D eigenvalue weighted by atomic mass is 16.1. The molecule has 0 saturated heterocycles.